The molecule has 0 bridgehead atoms. The smallest absolute Gasteiger partial charge is 0.0774 e. The number of hydrogen-bond donors (Lipinski definition) is 1. The van der Waals surface area contributed by atoms with E-state index in [4.69, 9.17) is 0 Å². The van der Waals surface area contributed by atoms with Gasteiger partial charge in [-0.2, -0.15) is 0 Å². The standard InChI is InChI=1S/C13H25NO/c1-3-12-4-6-13(15,7-5-12)10-14-8-11(2)9-14/h11-12,15H,3-10H2,1-2H3. The van der Waals surface area contributed by atoms with Crippen LogP contribution in [0, 0.1) is 11.8 Å². The third-order valence-electron chi connectivity index (χ3n) is 4.27. The van der Waals surface area contributed by atoms with Gasteiger partial charge in [0.2, 0.25) is 0 Å². The zero-order chi connectivity index (χ0) is 10.9. The van der Waals surface area contributed by atoms with E-state index >= 15 is 0 Å². The van der Waals surface area contributed by atoms with Crippen molar-refractivity contribution in [2.45, 2.75) is 51.6 Å². The van der Waals surface area contributed by atoms with Crippen molar-refractivity contribution in [1.82, 2.24) is 4.90 Å². The number of β-amino-alcohol motifs (C(OH)–C–C–N with tert-alkyl or cyclic N) is 1. The summed E-state index contributed by atoms with van der Waals surface area (Å²) in [5.74, 6) is 1.72. The average molecular weight is 211 g/mol. The van der Waals surface area contributed by atoms with Gasteiger partial charge in [0.25, 0.3) is 0 Å². The zero-order valence-corrected chi connectivity index (χ0v) is 10.2. The number of hydrogen-bond acceptors (Lipinski definition) is 2. The fraction of sp³-hybridized carbons (Fsp3) is 1.00. The molecular formula is C13H25NO. The van der Waals surface area contributed by atoms with Gasteiger partial charge in [-0.1, -0.05) is 20.3 Å². The van der Waals surface area contributed by atoms with E-state index in [0.29, 0.717) is 0 Å². The molecular weight excluding hydrogens is 186 g/mol. The topological polar surface area (TPSA) is 23.5 Å². The summed E-state index contributed by atoms with van der Waals surface area (Å²) in [4.78, 5) is 2.41. The lowest BCUT2D eigenvalue weighted by Crippen LogP contribution is -2.53. The summed E-state index contributed by atoms with van der Waals surface area (Å²) in [5.41, 5.74) is -0.355. The van der Waals surface area contributed by atoms with Gasteiger partial charge in [0, 0.05) is 19.6 Å². The Bertz CT molecular complexity index is 203. The van der Waals surface area contributed by atoms with Crippen molar-refractivity contribution in [3.63, 3.8) is 0 Å². The van der Waals surface area contributed by atoms with Crippen LogP contribution in [-0.4, -0.2) is 35.2 Å². The average Bonchev–Trinajstić information content (AvgIpc) is 2.17. The second kappa shape index (κ2) is 4.42. The van der Waals surface area contributed by atoms with Crippen molar-refractivity contribution in [3.05, 3.63) is 0 Å². The normalized spacial score (nSPS) is 39.0. The number of aliphatic hydroxyl groups is 1. The van der Waals surface area contributed by atoms with Gasteiger partial charge in [0.15, 0.2) is 0 Å². The number of nitrogens with zero attached hydrogens (tertiary/aromatic N) is 1. The first-order chi connectivity index (χ1) is 7.11. The van der Waals surface area contributed by atoms with Gasteiger partial charge in [-0.15, -0.1) is 0 Å². The van der Waals surface area contributed by atoms with E-state index in [0.717, 1.165) is 31.2 Å². The largest absolute Gasteiger partial charge is 0.389 e. The van der Waals surface area contributed by atoms with Gasteiger partial charge in [-0.3, -0.25) is 4.90 Å². The molecule has 1 saturated carbocycles. The van der Waals surface area contributed by atoms with Gasteiger partial charge in [0.05, 0.1) is 5.60 Å². The van der Waals surface area contributed by atoms with E-state index < -0.39 is 0 Å². The second-order valence-electron chi connectivity index (χ2n) is 5.88. The van der Waals surface area contributed by atoms with E-state index in [1.165, 1.54) is 32.4 Å². The summed E-state index contributed by atoms with van der Waals surface area (Å²) >= 11 is 0. The molecule has 0 radical (unpaired) electrons. The van der Waals surface area contributed by atoms with Crippen molar-refractivity contribution in [2.75, 3.05) is 19.6 Å². The van der Waals surface area contributed by atoms with Crippen LogP contribution < -0.4 is 0 Å². The molecule has 2 nitrogen and oxygen atoms in total. The summed E-state index contributed by atoms with van der Waals surface area (Å²) in [7, 11) is 0. The van der Waals surface area contributed by atoms with Crippen molar-refractivity contribution in [1.29, 1.82) is 0 Å². The highest BCUT2D eigenvalue weighted by Gasteiger charge is 2.36. The number of likely N-dealkylation sites (tertiary alicyclic amines) is 1. The van der Waals surface area contributed by atoms with Crippen LogP contribution in [-0.2, 0) is 0 Å². The van der Waals surface area contributed by atoms with Gasteiger partial charge in [-0.05, 0) is 37.5 Å². The molecule has 2 heteroatoms. The SMILES string of the molecule is CCC1CCC(O)(CN2CC(C)C2)CC1. The van der Waals surface area contributed by atoms with Crippen molar-refractivity contribution >= 4 is 0 Å². The maximum Gasteiger partial charge on any atom is 0.0774 e. The van der Waals surface area contributed by atoms with Crippen LogP contribution in [0.25, 0.3) is 0 Å². The molecule has 15 heavy (non-hydrogen) atoms. The molecule has 1 heterocycles. The van der Waals surface area contributed by atoms with Gasteiger partial charge in [0.1, 0.15) is 0 Å². The van der Waals surface area contributed by atoms with Crippen LogP contribution in [0.2, 0.25) is 0 Å². The van der Waals surface area contributed by atoms with Crippen molar-refractivity contribution < 1.29 is 5.11 Å². The Balaban J connectivity index is 1.76. The maximum absolute atomic E-state index is 10.5. The first-order valence-corrected chi connectivity index (χ1v) is 6.56. The Labute approximate surface area is 93.7 Å². The van der Waals surface area contributed by atoms with Gasteiger partial charge in [-0.25, -0.2) is 0 Å². The van der Waals surface area contributed by atoms with Crippen molar-refractivity contribution in [3.8, 4) is 0 Å². The maximum atomic E-state index is 10.5. The van der Waals surface area contributed by atoms with Crippen LogP contribution in [0.4, 0.5) is 0 Å². The Hall–Kier alpha value is -0.0800. The highest BCUT2D eigenvalue weighted by molar-refractivity contribution is 4.90. The molecule has 2 aliphatic rings. The first-order valence-electron chi connectivity index (χ1n) is 6.56. The van der Waals surface area contributed by atoms with Gasteiger partial charge < -0.3 is 5.11 Å². The molecule has 0 spiro atoms. The summed E-state index contributed by atoms with van der Waals surface area (Å²) in [6, 6.07) is 0. The third kappa shape index (κ3) is 2.73. The van der Waals surface area contributed by atoms with E-state index in [9.17, 15) is 5.11 Å². The fourth-order valence-corrected chi connectivity index (χ4v) is 3.15. The predicted molar refractivity (Wildman–Crippen MR) is 62.8 cm³/mol. The third-order valence-corrected chi connectivity index (χ3v) is 4.27. The summed E-state index contributed by atoms with van der Waals surface area (Å²) in [5, 5.41) is 10.5. The molecule has 2 fully saturated rings. The highest BCUT2D eigenvalue weighted by atomic mass is 16.3. The van der Waals surface area contributed by atoms with Crippen LogP contribution >= 0.6 is 0 Å². The first kappa shape index (κ1) is 11.4. The minimum atomic E-state index is -0.355. The lowest BCUT2D eigenvalue weighted by molar-refractivity contribution is -0.0590. The molecule has 0 unspecified atom stereocenters. The molecule has 0 amide bonds. The molecule has 2 rings (SSSR count). The van der Waals surface area contributed by atoms with Crippen LogP contribution in [0.1, 0.15) is 46.0 Å². The fourth-order valence-electron chi connectivity index (χ4n) is 3.15. The summed E-state index contributed by atoms with van der Waals surface area (Å²) in [6.07, 6.45) is 5.80. The van der Waals surface area contributed by atoms with Crippen molar-refractivity contribution in [2.24, 2.45) is 11.8 Å². The summed E-state index contributed by atoms with van der Waals surface area (Å²) in [6.45, 7) is 7.87. The Morgan fingerprint density at radius 3 is 2.33 bits per heavy atom. The minimum absolute atomic E-state index is 0.355. The Kier molecular flexibility index (Phi) is 3.36. The molecule has 0 aromatic carbocycles. The van der Waals surface area contributed by atoms with E-state index in [2.05, 4.69) is 18.7 Å². The molecule has 1 aliphatic heterocycles. The lowest BCUT2D eigenvalue weighted by atomic mass is 9.77. The van der Waals surface area contributed by atoms with E-state index in [1.54, 1.807) is 0 Å². The summed E-state index contributed by atoms with van der Waals surface area (Å²) < 4.78 is 0. The second-order valence-corrected chi connectivity index (χ2v) is 5.88. The monoisotopic (exact) mass is 211 g/mol. The molecule has 1 aliphatic carbocycles. The number of rotatable bonds is 3. The van der Waals surface area contributed by atoms with Crippen LogP contribution in [0.5, 0.6) is 0 Å². The molecule has 1 N–H and O–H groups in total. The van der Waals surface area contributed by atoms with E-state index in [-0.39, 0.29) is 5.60 Å². The van der Waals surface area contributed by atoms with Gasteiger partial charge >= 0.3 is 0 Å². The molecule has 1 saturated heterocycles. The van der Waals surface area contributed by atoms with E-state index in [1.807, 2.05) is 0 Å². The zero-order valence-electron chi connectivity index (χ0n) is 10.2. The van der Waals surface area contributed by atoms with Crippen LogP contribution in [0.15, 0.2) is 0 Å². The quantitative estimate of drug-likeness (QED) is 0.774. The predicted octanol–water partition coefficient (Wildman–Crippen LogP) is 2.27. The molecule has 88 valence electrons. The lowest BCUT2D eigenvalue weighted by Gasteiger charge is -2.45. The Morgan fingerprint density at radius 1 is 1.27 bits per heavy atom. The molecule has 0 atom stereocenters. The van der Waals surface area contributed by atoms with Crippen LogP contribution in [0.3, 0.4) is 0 Å². The minimum Gasteiger partial charge on any atom is -0.389 e. The highest BCUT2D eigenvalue weighted by Crippen LogP contribution is 2.35. The Morgan fingerprint density at radius 2 is 1.87 bits per heavy atom. The molecule has 0 aromatic rings. The molecule has 0 aromatic heterocycles.